The molecule has 1 aromatic rings. The Morgan fingerprint density at radius 1 is 1.16 bits per heavy atom. The zero-order valence-electron chi connectivity index (χ0n) is 10.6. The van der Waals surface area contributed by atoms with Crippen LogP contribution in [-0.4, -0.2) is 23.4 Å². The summed E-state index contributed by atoms with van der Waals surface area (Å²) in [6.07, 6.45) is 0. The molecule has 0 fully saturated rings. The quantitative estimate of drug-likeness (QED) is 0.614. The molecule has 1 amide bonds. The van der Waals surface area contributed by atoms with Gasteiger partial charge in [0.25, 0.3) is 5.91 Å². The summed E-state index contributed by atoms with van der Waals surface area (Å²) in [4.78, 5) is 34.2. The van der Waals surface area contributed by atoms with Crippen LogP contribution >= 0.6 is 11.8 Å². The van der Waals surface area contributed by atoms with Crippen molar-refractivity contribution in [2.45, 2.75) is 36.2 Å². The van der Waals surface area contributed by atoms with Crippen LogP contribution in [0.1, 0.15) is 13.8 Å². The topological polar surface area (TPSA) is 88.0 Å². The summed E-state index contributed by atoms with van der Waals surface area (Å²) in [5.41, 5.74) is 0. The number of rotatable bonds is 7. The fourth-order valence-corrected chi connectivity index (χ4v) is 2.32. The minimum Gasteiger partial charge on any atom is -0.352 e. The third kappa shape index (κ3) is 4.78. The molecule has 2 unspecified atom stereocenters. The van der Waals surface area contributed by atoms with Crippen molar-refractivity contribution in [2.75, 3.05) is 0 Å². The molecule has 0 spiro atoms. The zero-order valence-corrected chi connectivity index (χ0v) is 11.5. The van der Waals surface area contributed by atoms with E-state index in [-0.39, 0.29) is 6.04 Å². The van der Waals surface area contributed by atoms with Crippen LogP contribution in [0.4, 0.5) is 0 Å². The molecule has 102 valence electrons. The smallest absolute Gasteiger partial charge is 0.252 e. The highest BCUT2D eigenvalue weighted by atomic mass is 32.2. The molecule has 1 aromatic carbocycles. The van der Waals surface area contributed by atoms with Gasteiger partial charge in [-0.05, 0) is 26.0 Å². The lowest BCUT2D eigenvalue weighted by molar-refractivity contribution is -0.122. The maximum Gasteiger partial charge on any atom is 0.252 e. The molecule has 0 aliphatic heterocycles. The molecule has 7 heteroatoms. The van der Waals surface area contributed by atoms with Gasteiger partial charge in [0.05, 0.1) is 0 Å². The summed E-state index contributed by atoms with van der Waals surface area (Å²) in [7, 11) is 0. The van der Waals surface area contributed by atoms with E-state index in [0.717, 1.165) is 16.7 Å². The lowest BCUT2D eigenvalue weighted by Gasteiger charge is -2.16. The Balaban J connectivity index is 2.78. The number of hydrogen-bond acceptors (Lipinski definition) is 6. The molecule has 0 aliphatic rings. The van der Waals surface area contributed by atoms with Gasteiger partial charge < -0.3 is 5.32 Å². The second kappa shape index (κ2) is 7.63. The normalized spacial score (nSPS) is 13.6. The van der Waals surface area contributed by atoms with Crippen molar-refractivity contribution in [3.63, 3.8) is 0 Å². The van der Waals surface area contributed by atoms with E-state index in [1.807, 2.05) is 6.07 Å². The predicted octanol–water partition coefficient (Wildman–Crippen LogP) is 2.53. The van der Waals surface area contributed by atoms with Gasteiger partial charge in [0, 0.05) is 10.9 Å². The molecule has 0 aliphatic carbocycles. The molecule has 6 nitrogen and oxygen atoms in total. The second-order valence-electron chi connectivity index (χ2n) is 4.14. The summed E-state index contributed by atoms with van der Waals surface area (Å²) in [6, 6.07) is 7.49. The number of benzene rings is 1. The number of hydrogen-bond donors (Lipinski definition) is 1. The number of carbonyl (C=O) groups excluding carboxylic acids is 1. The molecular weight excluding hydrogens is 266 g/mol. The number of nitroso groups, excluding NO2 is 2. The fourth-order valence-electron chi connectivity index (χ4n) is 1.38. The first-order valence-corrected chi connectivity index (χ1v) is 6.63. The largest absolute Gasteiger partial charge is 0.352 e. The standard InChI is InChI=1S/C12H15N3O3S/c1-8(2)13-11(16)10(14-17)12(15-18)19-9-6-4-3-5-7-9/h3-8,10,12H,1-2H3,(H,13,16). The lowest BCUT2D eigenvalue weighted by Crippen LogP contribution is -2.42. The van der Waals surface area contributed by atoms with E-state index in [9.17, 15) is 14.6 Å². The van der Waals surface area contributed by atoms with Crippen LogP contribution in [0, 0.1) is 9.81 Å². The average Bonchev–Trinajstić information content (AvgIpc) is 2.38. The second-order valence-corrected chi connectivity index (χ2v) is 5.33. The third-order valence-corrected chi connectivity index (χ3v) is 3.32. The van der Waals surface area contributed by atoms with Crippen molar-refractivity contribution in [1.29, 1.82) is 0 Å². The Morgan fingerprint density at radius 3 is 2.26 bits per heavy atom. The van der Waals surface area contributed by atoms with Gasteiger partial charge in [0.15, 0.2) is 5.37 Å². The summed E-state index contributed by atoms with van der Waals surface area (Å²) >= 11 is 1.04. The number of nitrogens with zero attached hydrogens (tertiary/aromatic N) is 2. The van der Waals surface area contributed by atoms with E-state index in [4.69, 9.17) is 0 Å². The van der Waals surface area contributed by atoms with Gasteiger partial charge in [-0.1, -0.05) is 40.3 Å². The molecule has 0 saturated heterocycles. The highest BCUT2D eigenvalue weighted by molar-refractivity contribution is 8.00. The first-order chi connectivity index (χ1) is 9.08. The number of thioether (sulfide) groups is 1. The summed E-state index contributed by atoms with van der Waals surface area (Å²) in [5.74, 6) is -0.585. The van der Waals surface area contributed by atoms with Crippen LogP contribution in [0.5, 0.6) is 0 Å². The molecule has 0 aromatic heterocycles. The van der Waals surface area contributed by atoms with E-state index in [2.05, 4.69) is 15.7 Å². The number of nitrogens with one attached hydrogen (secondary N) is 1. The Morgan fingerprint density at radius 2 is 1.79 bits per heavy atom. The molecule has 2 atom stereocenters. The van der Waals surface area contributed by atoms with Crippen molar-refractivity contribution in [2.24, 2.45) is 10.4 Å². The molecule has 0 bridgehead atoms. The van der Waals surface area contributed by atoms with Gasteiger partial charge in [-0.3, -0.25) is 4.79 Å². The summed E-state index contributed by atoms with van der Waals surface area (Å²) in [5, 5.41) is 7.05. The first kappa shape index (κ1) is 15.3. The molecule has 0 radical (unpaired) electrons. The monoisotopic (exact) mass is 281 g/mol. The minimum absolute atomic E-state index is 0.134. The van der Waals surface area contributed by atoms with Crippen LogP contribution in [0.2, 0.25) is 0 Å². The Bertz CT molecular complexity index is 439. The Labute approximate surface area is 115 Å². The van der Waals surface area contributed by atoms with Crippen molar-refractivity contribution in [3.8, 4) is 0 Å². The first-order valence-electron chi connectivity index (χ1n) is 5.75. The molecule has 1 rings (SSSR count). The van der Waals surface area contributed by atoms with Crippen LogP contribution in [0.15, 0.2) is 45.6 Å². The van der Waals surface area contributed by atoms with Crippen molar-refractivity contribution in [3.05, 3.63) is 40.1 Å². The number of carbonyl (C=O) groups is 1. The number of amides is 1. The summed E-state index contributed by atoms with van der Waals surface area (Å²) < 4.78 is 0. The van der Waals surface area contributed by atoms with Crippen molar-refractivity contribution >= 4 is 17.7 Å². The van der Waals surface area contributed by atoms with Gasteiger partial charge in [-0.25, -0.2) is 0 Å². The van der Waals surface area contributed by atoms with Gasteiger partial charge >= 0.3 is 0 Å². The van der Waals surface area contributed by atoms with Crippen molar-refractivity contribution in [1.82, 2.24) is 5.32 Å². The zero-order chi connectivity index (χ0) is 14.3. The Kier molecular flexibility index (Phi) is 6.14. The van der Waals surface area contributed by atoms with E-state index in [1.165, 1.54) is 0 Å². The van der Waals surface area contributed by atoms with Crippen LogP contribution in [0.25, 0.3) is 0 Å². The molecule has 0 heterocycles. The van der Waals surface area contributed by atoms with Crippen LogP contribution in [0.3, 0.4) is 0 Å². The SMILES string of the molecule is CC(C)NC(=O)C(N=O)C(N=O)Sc1ccccc1. The Hall–Kier alpha value is -1.76. The van der Waals surface area contributed by atoms with E-state index < -0.39 is 17.3 Å². The molecular formula is C12H15N3O3S. The van der Waals surface area contributed by atoms with Crippen molar-refractivity contribution < 1.29 is 4.79 Å². The third-order valence-electron chi connectivity index (χ3n) is 2.19. The molecule has 0 saturated carbocycles. The lowest BCUT2D eigenvalue weighted by atomic mass is 10.2. The minimum atomic E-state index is -1.33. The molecule has 1 N–H and O–H groups in total. The van der Waals surface area contributed by atoms with Gasteiger partial charge in [-0.2, -0.15) is 0 Å². The predicted molar refractivity (Wildman–Crippen MR) is 74.7 cm³/mol. The van der Waals surface area contributed by atoms with E-state index >= 15 is 0 Å². The van der Waals surface area contributed by atoms with Gasteiger partial charge in [0.1, 0.15) is 0 Å². The molecule has 19 heavy (non-hydrogen) atoms. The van der Waals surface area contributed by atoms with Gasteiger partial charge in [-0.15, -0.1) is 9.81 Å². The highest BCUT2D eigenvalue weighted by Crippen LogP contribution is 2.27. The highest BCUT2D eigenvalue weighted by Gasteiger charge is 2.32. The van der Waals surface area contributed by atoms with Crippen LogP contribution < -0.4 is 5.32 Å². The summed E-state index contributed by atoms with van der Waals surface area (Å²) in [6.45, 7) is 3.51. The maximum atomic E-state index is 11.8. The average molecular weight is 281 g/mol. The van der Waals surface area contributed by atoms with Gasteiger partial charge in [0.2, 0.25) is 6.04 Å². The maximum absolute atomic E-state index is 11.8. The fraction of sp³-hybridized carbons (Fsp3) is 0.417. The van der Waals surface area contributed by atoms with Crippen LogP contribution in [-0.2, 0) is 4.79 Å². The van der Waals surface area contributed by atoms with E-state index in [1.54, 1.807) is 38.1 Å². The van der Waals surface area contributed by atoms with E-state index in [0.29, 0.717) is 0 Å².